The van der Waals surface area contributed by atoms with E-state index in [-0.39, 0.29) is 23.6 Å². The predicted octanol–water partition coefficient (Wildman–Crippen LogP) is 3.38. The molecule has 0 bridgehead atoms. The summed E-state index contributed by atoms with van der Waals surface area (Å²) in [6.45, 7) is 0.741. The molecule has 3 aromatic rings. The molecule has 0 radical (unpaired) electrons. The Bertz CT molecular complexity index is 1090. The molecule has 1 unspecified atom stereocenters. The normalized spacial score (nSPS) is 17.4. The first kappa shape index (κ1) is 20.3. The Morgan fingerprint density at radius 1 is 1.00 bits per heavy atom. The van der Waals surface area contributed by atoms with E-state index in [0.29, 0.717) is 18.8 Å². The summed E-state index contributed by atoms with van der Waals surface area (Å²) in [6.07, 6.45) is 2.74. The van der Waals surface area contributed by atoms with Gasteiger partial charge in [-0.1, -0.05) is 42.5 Å². The van der Waals surface area contributed by atoms with Crippen LogP contribution in [0.1, 0.15) is 12.8 Å². The lowest BCUT2D eigenvalue weighted by molar-refractivity contribution is 0.123. The van der Waals surface area contributed by atoms with Crippen molar-refractivity contribution in [3.8, 4) is 23.0 Å². The van der Waals surface area contributed by atoms with Crippen molar-refractivity contribution in [2.45, 2.75) is 23.8 Å². The molecule has 1 saturated heterocycles. The lowest BCUT2D eigenvalue weighted by Crippen LogP contribution is -2.44. The second-order valence-electron chi connectivity index (χ2n) is 7.02. The van der Waals surface area contributed by atoms with Crippen molar-refractivity contribution in [1.82, 2.24) is 14.3 Å². The third-order valence-electron chi connectivity index (χ3n) is 5.02. The lowest BCUT2D eigenvalue weighted by atomic mass is 10.1. The Hall–Kier alpha value is -2.97. The molecule has 1 aromatic heterocycles. The van der Waals surface area contributed by atoms with E-state index in [4.69, 9.17) is 9.47 Å². The Kier molecular flexibility index (Phi) is 5.96. The van der Waals surface area contributed by atoms with Crippen molar-refractivity contribution in [1.29, 1.82) is 0 Å². The minimum atomic E-state index is -3.60. The van der Waals surface area contributed by atoms with Gasteiger partial charge in [-0.2, -0.15) is 9.29 Å². The second-order valence-corrected chi connectivity index (χ2v) is 8.96. The van der Waals surface area contributed by atoms with Gasteiger partial charge in [-0.25, -0.2) is 13.4 Å². The first-order valence-electron chi connectivity index (χ1n) is 9.75. The van der Waals surface area contributed by atoms with E-state index in [1.54, 1.807) is 24.4 Å². The van der Waals surface area contributed by atoms with Crippen molar-refractivity contribution in [3.63, 3.8) is 0 Å². The van der Waals surface area contributed by atoms with Crippen molar-refractivity contribution in [2.75, 3.05) is 20.2 Å². The van der Waals surface area contributed by atoms with Gasteiger partial charge in [0.25, 0.3) is 0 Å². The van der Waals surface area contributed by atoms with Crippen molar-refractivity contribution < 1.29 is 17.9 Å². The summed E-state index contributed by atoms with van der Waals surface area (Å²) in [4.78, 5) is 8.38. The van der Waals surface area contributed by atoms with Crippen LogP contribution in [0.15, 0.2) is 71.8 Å². The van der Waals surface area contributed by atoms with Crippen LogP contribution in [0.4, 0.5) is 0 Å². The number of hydrogen-bond donors (Lipinski definition) is 0. The monoisotopic (exact) mass is 425 g/mol. The average molecular weight is 426 g/mol. The topological polar surface area (TPSA) is 81.6 Å². The van der Waals surface area contributed by atoms with Crippen LogP contribution in [0, 0.1) is 0 Å². The third kappa shape index (κ3) is 4.44. The van der Waals surface area contributed by atoms with Gasteiger partial charge in [0.1, 0.15) is 6.10 Å². The summed E-state index contributed by atoms with van der Waals surface area (Å²) in [5.74, 6) is 0.373. The highest BCUT2D eigenvalue weighted by molar-refractivity contribution is 7.89. The van der Waals surface area contributed by atoms with Crippen molar-refractivity contribution in [2.24, 2.45) is 0 Å². The smallest absolute Gasteiger partial charge is 0.319 e. The molecule has 1 fully saturated rings. The largest absolute Gasteiger partial charge is 0.473 e. The summed E-state index contributed by atoms with van der Waals surface area (Å²) in [5, 5.41) is 0. The number of methoxy groups -OCH3 is 1. The van der Waals surface area contributed by atoms with Gasteiger partial charge in [-0.3, -0.25) is 0 Å². The molecular weight excluding hydrogens is 402 g/mol. The second kappa shape index (κ2) is 8.81. The number of piperidine rings is 1. The van der Waals surface area contributed by atoms with Crippen LogP contribution in [0.2, 0.25) is 0 Å². The van der Waals surface area contributed by atoms with E-state index >= 15 is 0 Å². The first-order chi connectivity index (χ1) is 14.6. The molecule has 4 rings (SSSR count). The number of benzene rings is 2. The van der Waals surface area contributed by atoms with E-state index in [0.717, 1.165) is 17.5 Å². The number of aromatic nitrogens is 2. The fraction of sp³-hybridized carbons (Fsp3) is 0.273. The molecule has 156 valence electrons. The zero-order chi connectivity index (χ0) is 21.0. The molecular formula is C22H23N3O4S. The zero-order valence-corrected chi connectivity index (χ0v) is 17.5. The van der Waals surface area contributed by atoms with Crippen LogP contribution in [-0.4, -0.2) is 49.0 Å². The van der Waals surface area contributed by atoms with E-state index in [1.165, 1.54) is 11.4 Å². The number of nitrogens with zero attached hydrogens (tertiary/aromatic N) is 3. The number of rotatable bonds is 6. The van der Waals surface area contributed by atoms with Gasteiger partial charge in [0.05, 0.1) is 18.6 Å². The molecule has 2 aromatic carbocycles. The molecule has 0 N–H and O–H groups in total. The van der Waals surface area contributed by atoms with Gasteiger partial charge in [0.2, 0.25) is 15.9 Å². The van der Waals surface area contributed by atoms with Crippen LogP contribution in [0.3, 0.4) is 0 Å². The Labute approximate surface area is 176 Å². The molecule has 1 aliphatic rings. The Morgan fingerprint density at radius 3 is 2.47 bits per heavy atom. The van der Waals surface area contributed by atoms with Crippen LogP contribution in [0.25, 0.3) is 11.1 Å². The van der Waals surface area contributed by atoms with Crippen LogP contribution in [-0.2, 0) is 10.0 Å². The molecule has 2 heterocycles. The molecule has 0 saturated carbocycles. The van der Waals surface area contributed by atoms with E-state index in [1.807, 2.05) is 42.5 Å². The van der Waals surface area contributed by atoms with Gasteiger partial charge < -0.3 is 9.47 Å². The van der Waals surface area contributed by atoms with Crippen LogP contribution >= 0.6 is 0 Å². The lowest BCUT2D eigenvalue weighted by Gasteiger charge is -2.31. The highest BCUT2D eigenvalue weighted by atomic mass is 32.2. The van der Waals surface area contributed by atoms with Crippen LogP contribution < -0.4 is 9.47 Å². The quantitative estimate of drug-likeness (QED) is 0.602. The standard InChI is InChI=1S/C22H23N3O4S/c1-28-22-23-14-13-21(24-22)29-19-8-5-15-25(16-19)30(26,27)20-11-9-18(10-12-20)17-6-3-2-4-7-17/h2-4,6-7,9-14,19H,5,8,15-16H2,1H3. The average Bonchev–Trinajstić information content (AvgIpc) is 2.80. The van der Waals surface area contributed by atoms with Gasteiger partial charge in [-0.05, 0) is 36.1 Å². The van der Waals surface area contributed by atoms with Crippen molar-refractivity contribution in [3.05, 3.63) is 66.9 Å². The maximum atomic E-state index is 13.2. The fourth-order valence-electron chi connectivity index (χ4n) is 3.48. The Balaban J connectivity index is 1.48. The maximum Gasteiger partial charge on any atom is 0.319 e. The molecule has 1 atom stereocenters. The predicted molar refractivity (Wildman–Crippen MR) is 113 cm³/mol. The number of hydrogen-bond acceptors (Lipinski definition) is 6. The zero-order valence-electron chi connectivity index (χ0n) is 16.6. The first-order valence-corrected chi connectivity index (χ1v) is 11.2. The molecule has 0 amide bonds. The van der Waals surface area contributed by atoms with Crippen LogP contribution in [0.5, 0.6) is 11.9 Å². The molecule has 7 nitrogen and oxygen atoms in total. The highest BCUT2D eigenvalue weighted by Gasteiger charge is 2.31. The molecule has 0 spiro atoms. The molecule has 8 heteroatoms. The van der Waals surface area contributed by atoms with Gasteiger partial charge in [0, 0.05) is 18.8 Å². The minimum absolute atomic E-state index is 0.214. The van der Waals surface area contributed by atoms with Crippen molar-refractivity contribution >= 4 is 10.0 Å². The molecule has 0 aliphatic carbocycles. The summed E-state index contributed by atoms with van der Waals surface area (Å²) in [5.41, 5.74) is 2.03. The highest BCUT2D eigenvalue weighted by Crippen LogP contribution is 2.26. The fourth-order valence-corrected chi connectivity index (χ4v) is 4.99. The van der Waals surface area contributed by atoms with E-state index < -0.39 is 10.0 Å². The summed E-state index contributed by atoms with van der Waals surface area (Å²) in [7, 11) is -2.12. The minimum Gasteiger partial charge on any atom is -0.473 e. The number of ether oxygens (including phenoxy) is 2. The SMILES string of the molecule is COc1nccc(OC2CCCN(S(=O)(=O)c3ccc(-c4ccccc4)cc3)C2)n1. The van der Waals surface area contributed by atoms with Gasteiger partial charge in [0.15, 0.2) is 0 Å². The Morgan fingerprint density at radius 2 is 1.73 bits per heavy atom. The number of sulfonamides is 1. The molecule has 1 aliphatic heterocycles. The summed E-state index contributed by atoms with van der Waals surface area (Å²) in [6, 6.07) is 18.7. The summed E-state index contributed by atoms with van der Waals surface area (Å²) >= 11 is 0. The third-order valence-corrected chi connectivity index (χ3v) is 6.90. The van der Waals surface area contributed by atoms with E-state index in [2.05, 4.69) is 9.97 Å². The van der Waals surface area contributed by atoms with Gasteiger partial charge >= 0.3 is 6.01 Å². The molecule has 30 heavy (non-hydrogen) atoms. The maximum absolute atomic E-state index is 13.2. The summed E-state index contributed by atoms with van der Waals surface area (Å²) < 4.78 is 38.7. The van der Waals surface area contributed by atoms with E-state index in [9.17, 15) is 8.42 Å². The van der Waals surface area contributed by atoms with Gasteiger partial charge in [-0.15, -0.1) is 0 Å².